The van der Waals surface area contributed by atoms with Crippen molar-refractivity contribution in [2.24, 2.45) is 0 Å². The summed E-state index contributed by atoms with van der Waals surface area (Å²) in [5.41, 5.74) is 4.01. The summed E-state index contributed by atoms with van der Waals surface area (Å²) in [6.07, 6.45) is 0. The fourth-order valence-electron chi connectivity index (χ4n) is 2.98. The van der Waals surface area contributed by atoms with Gasteiger partial charge in [0.25, 0.3) is 11.8 Å². The van der Waals surface area contributed by atoms with E-state index in [0.717, 1.165) is 22.4 Å². The average molecular weight is 388 g/mol. The van der Waals surface area contributed by atoms with E-state index in [1.165, 1.54) is 0 Å². The Hall–Kier alpha value is -3.60. The Balaban J connectivity index is 1.56. The highest BCUT2D eigenvalue weighted by Crippen LogP contribution is 2.22. The van der Waals surface area contributed by atoms with Gasteiger partial charge in [0.15, 0.2) is 6.61 Å². The maximum Gasteiger partial charge on any atom is 0.262 e. The quantitative estimate of drug-likeness (QED) is 0.636. The molecular weight excluding hydrogens is 364 g/mol. The number of hydrogen-bond donors (Lipinski definition) is 2. The molecule has 148 valence electrons. The van der Waals surface area contributed by atoms with E-state index in [-0.39, 0.29) is 18.4 Å². The summed E-state index contributed by atoms with van der Waals surface area (Å²) in [5, 5.41) is 5.65. The molecular formula is C24H24N2O3. The van der Waals surface area contributed by atoms with Crippen LogP contribution in [0.4, 0.5) is 5.69 Å². The zero-order chi connectivity index (χ0) is 20.6. The number of anilines is 1. The Morgan fingerprint density at radius 2 is 1.55 bits per heavy atom. The van der Waals surface area contributed by atoms with E-state index in [9.17, 15) is 9.59 Å². The van der Waals surface area contributed by atoms with Crippen molar-refractivity contribution in [1.29, 1.82) is 0 Å². The van der Waals surface area contributed by atoms with Crippen LogP contribution in [-0.2, 0) is 11.3 Å². The first-order valence-electron chi connectivity index (χ1n) is 9.44. The fraction of sp³-hybridized carbons (Fsp3) is 0.167. The molecule has 0 bridgehead atoms. The number of amides is 2. The van der Waals surface area contributed by atoms with Crippen molar-refractivity contribution in [1.82, 2.24) is 5.32 Å². The van der Waals surface area contributed by atoms with Crippen LogP contribution in [-0.4, -0.2) is 18.4 Å². The molecule has 3 aromatic carbocycles. The van der Waals surface area contributed by atoms with Gasteiger partial charge in [-0.15, -0.1) is 0 Å². The second-order valence-corrected chi connectivity index (χ2v) is 6.81. The van der Waals surface area contributed by atoms with E-state index in [0.29, 0.717) is 17.8 Å². The maximum absolute atomic E-state index is 12.4. The van der Waals surface area contributed by atoms with Crippen LogP contribution in [0.2, 0.25) is 0 Å². The highest BCUT2D eigenvalue weighted by atomic mass is 16.5. The summed E-state index contributed by atoms with van der Waals surface area (Å²) in [6, 6.07) is 22.4. The molecule has 0 saturated carbocycles. The molecule has 0 radical (unpaired) electrons. The van der Waals surface area contributed by atoms with Crippen LogP contribution in [0.25, 0.3) is 0 Å². The van der Waals surface area contributed by atoms with E-state index in [1.54, 1.807) is 24.3 Å². The van der Waals surface area contributed by atoms with Crippen molar-refractivity contribution < 1.29 is 14.3 Å². The van der Waals surface area contributed by atoms with Gasteiger partial charge in [0.2, 0.25) is 0 Å². The molecule has 0 heterocycles. The molecule has 29 heavy (non-hydrogen) atoms. The van der Waals surface area contributed by atoms with Crippen LogP contribution < -0.4 is 15.4 Å². The van der Waals surface area contributed by atoms with Crippen molar-refractivity contribution in [2.45, 2.75) is 20.4 Å². The Morgan fingerprint density at radius 3 is 2.28 bits per heavy atom. The lowest BCUT2D eigenvalue weighted by atomic mass is 10.1. The van der Waals surface area contributed by atoms with Gasteiger partial charge in [0.05, 0.1) is 0 Å². The number of hydrogen-bond acceptors (Lipinski definition) is 3. The van der Waals surface area contributed by atoms with Gasteiger partial charge in [0.1, 0.15) is 5.75 Å². The van der Waals surface area contributed by atoms with Crippen molar-refractivity contribution in [2.75, 3.05) is 11.9 Å². The van der Waals surface area contributed by atoms with Crippen LogP contribution in [0, 0.1) is 13.8 Å². The van der Waals surface area contributed by atoms with Gasteiger partial charge in [-0.05, 0) is 48.7 Å². The van der Waals surface area contributed by atoms with Gasteiger partial charge < -0.3 is 15.4 Å². The third kappa shape index (κ3) is 5.69. The molecule has 3 rings (SSSR count). The second-order valence-electron chi connectivity index (χ2n) is 6.81. The van der Waals surface area contributed by atoms with Gasteiger partial charge in [-0.2, -0.15) is 0 Å². The fourth-order valence-corrected chi connectivity index (χ4v) is 2.98. The van der Waals surface area contributed by atoms with Crippen molar-refractivity contribution in [3.63, 3.8) is 0 Å². The van der Waals surface area contributed by atoms with Gasteiger partial charge in [-0.25, -0.2) is 0 Å². The first-order chi connectivity index (χ1) is 14.0. The van der Waals surface area contributed by atoms with Crippen molar-refractivity contribution in [3.05, 3.63) is 95.1 Å². The minimum Gasteiger partial charge on any atom is -0.483 e. The van der Waals surface area contributed by atoms with E-state index >= 15 is 0 Å². The molecule has 0 aliphatic heterocycles. The zero-order valence-electron chi connectivity index (χ0n) is 16.6. The smallest absolute Gasteiger partial charge is 0.262 e. The Kier molecular flexibility index (Phi) is 6.63. The third-order valence-electron chi connectivity index (χ3n) is 4.46. The van der Waals surface area contributed by atoms with E-state index in [2.05, 4.69) is 10.6 Å². The molecule has 0 aliphatic rings. The molecule has 0 aliphatic carbocycles. The van der Waals surface area contributed by atoms with Gasteiger partial charge in [0, 0.05) is 17.8 Å². The first kappa shape index (κ1) is 20.1. The lowest BCUT2D eigenvalue weighted by Crippen LogP contribution is -2.23. The molecule has 0 saturated heterocycles. The molecule has 3 aromatic rings. The van der Waals surface area contributed by atoms with Gasteiger partial charge >= 0.3 is 0 Å². The summed E-state index contributed by atoms with van der Waals surface area (Å²) < 4.78 is 5.68. The minimum absolute atomic E-state index is 0.101. The number of carbonyl (C=O) groups is 2. The zero-order valence-corrected chi connectivity index (χ0v) is 16.6. The number of rotatable bonds is 7. The average Bonchev–Trinajstić information content (AvgIpc) is 2.72. The topological polar surface area (TPSA) is 67.4 Å². The number of carbonyl (C=O) groups excluding carboxylic acids is 2. The van der Waals surface area contributed by atoms with E-state index in [1.807, 2.05) is 62.4 Å². The largest absolute Gasteiger partial charge is 0.483 e. The highest BCUT2D eigenvalue weighted by Gasteiger charge is 2.10. The third-order valence-corrected chi connectivity index (χ3v) is 4.46. The molecule has 0 aromatic heterocycles. The van der Waals surface area contributed by atoms with Crippen LogP contribution in [0.1, 0.15) is 27.0 Å². The molecule has 5 nitrogen and oxygen atoms in total. The first-order valence-corrected chi connectivity index (χ1v) is 9.44. The highest BCUT2D eigenvalue weighted by molar-refractivity contribution is 5.97. The summed E-state index contributed by atoms with van der Waals surface area (Å²) in [7, 11) is 0. The van der Waals surface area contributed by atoms with Crippen molar-refractivity contribution in [3.8, 4) is 5.75 Å². The summed E-state index contributed by atoms with van der Waals surface area (Å²) in [4.78, 5) is 24.7. The van der Waals surface area contributed by atoms with Crippen LogP contribution in [0.5, 0.6) is 5.75 Å². The lowest BCUT2D eigenvalue weighted by molar-refractivity contribution is -0.118. The predicted octanol–water partition coefficient (Wildman–Crippen LogP) is 4.25. The summed E-state index contributed by atoms with van der Waals surface area (Å²) >= 11 is 0. The number of ether oxygens (including phenoxy) is 1. The SMILES string of the molecule is Cc1cccc(C)c1OCC(=O)Nc1cccc(C(=O)NCc2ccccc2)c1. The summed E-state index contributed by atoms with van der Waals surface area (Å²) in [6.45, 7) is 4.23. The molecule has 0 atom stereocenters. The van der Waals surface area contributed by atoms with Gasteiger partial charge in [-0.1, -0.05) is 54.6 Å². The molecule has 0 fully saturated rings. The number of nitrogens with one attached hydrogen (secondary N) is 2. The molecule has 0 unspecified atom stereocenters. The van der Waals surface area contributed by atoms with E-state index in [4.69, 9.17) is 4.74 Å². The van der Waals surface area contributed by atoms with Crippen LogP contribution >= 0.6 is 0 Å². The van der Waals surface area contributed by atoms with E-state index < -0.39 is 0 Å². The Bertz CT molecular complexity index is 980. The number of para-hydroxylation sites is 1. The molecule has 0 spiro atoms. The second kappa shape index (κ2) is 9.55. The predicted molar refractivity (Wildman–Crippen MR) is 114 cm³/mol. The van der Waals surface area contributed by atoms with Crippen LogP contribution in [0.3, 0.4) is 0 Å². The Labute approximate surface area is 170 Å². The standard InChI is InChI=1S/C24H24N2O3/c1-17-8-6-9-18(2)23(17)29-16-22(27)26-21-13-7-12-20(14-21)24(28)25-15-19-10-4-3-5-11-19/h3-14H,15-16H2,1-2H3,(H,25,28)(H,26,27). The Morgan fingerprint density at radius 1 is 0.862 bits per heavy atom. The molecule has 2 amide bonds. The minimum atomic E-state index is -0.283. The molecule has 2 N–H and O–H groups in total. The normalized spacial score (nSPS) is 10.3. The summed E-state index contributed by atoms with van der Waals surface area (Å²) in [5.74, 6) is 0.239. The monoisotopic (exact) mass is 388 g/mol. The van der Waals surface area contributed by atoms with Crippen molar-refractivity contribution >= 4 is 17.5 Å². The van der Waals surface area contributed by atoms with Gasteiger partial charge in [-0.3, -0.25) is 9.59 Å². The number of aryl methyl sites for hydroxylation is 2. The molecule has 5 heteroatoms. The lowest BCUT2D eigenvalue weighted by Gasteiger charge is -2.12. The number of benzene rings is 3. The maximum atomic E-state index is 12.4. The van der Waals surface area contributed by atoms with Crippen LogP contribution in [0.15, 0.2) is 72.8 Å².